The van der Waals surface area contributed by atoms with E-state index in [0.717, 1.165) is 34.6 Å². The summed E-state index contributed by atoms with van der Waals surface area (Å²) in [5.41, 5.74) is 4.01. The van der Waals surface area contributed by atoms with Crippen LogP contribution in [0, 0.1) is 5.82 Å². The smallest absolute Gasteiger partial charge is 0.406 e. The lowest BCUT2D eigenvalue weighted by Gasteiger charge is -2.32. The number of amides is 2. The zero-order valence-electron chi connectivity index (χ0n) is 25.8. The summed E-state index contributed by atoms with van der Waals surface area (Å²) >= 11 is 1.51. The molecule has 242 valence electrons. The van der Waals surface area contributed by atoms with Crippen molar-refractivity contribution in [3.8, 4) is 22.8 Å². The number of amidine groups is 1. The van der Waals surface area contributed by atoms with Crippen molar-refractivity contribution >= 4 is 28.6 Å². The second-order valence-corrected chi connectivity index (χ2v) is 12.4. The van der Waals surface area contributed by atoms with E-state index < -0.39 is 12.4 Å². The number of urea groups is 1. The molecule has 5 rings (SSSR count). The molecule has 0 saturated carbocycles. The molecule has 4 aromatic rings. The fourth-order valence-electron chi connectivity index (χ4n) is 5.09. The highest BCUT2D eigenvalue weighted by molar-refractivity contribution is 8.14. The number of aromatic nitrogens is 3. The summed E-state index contributed by atoms with van der Waals surface area (Å²) < 4.78 is 56.7. The number of ether oxygens (including phenoxy) is 1. The molecule has 2 amide bonds. The zero-order valence-corrected chi connectivity index (χ0v) is 26.6. The molecule has 2 unspecified atom stereocenters. The van der Waals surface area contributed by atoms with Crippen LogP contribution >= 0.6 is 11.8 Å². The molecule has 1 fully saturated rings. The Labute approximate surface area is 268 Å². The van der Waals surface area contributed by atoms with Gasteiger partial charge in [0.25, 0.3) is 0 Å². The summed E-state index contributed by atoms with van der Waals surface area (Å²) in [5.74, 6) is 0.745. The molecule has 0 spiro atoms. The summed E-state index contributed by atoms with van der Waals surface area (Å²) in [5, 5.41) is 8.05. The molecule has 0 radical (unpaired) electrons. The van der Waals surface area contributed by atoms with Crippen molar-refractivity contribution in [2.45, 2.75) is 58.4 Å². The average Bonchev–Trinajstić information content (AvgIpc) is 3.51. The van der Waals surface area contributed by atoms with Gasteiger partial charge < -0.3 is 15.0 Å². The maximum Gasteiger partial charge on any atom is 0.573 e. The van der Waals surface area contributed by atoms with Crippen molar-refractivity contribution in [3.63, 3.8) is 0 Å². The van der Waals surface area contributed by atoms with E-state index in [1.54, 1.807) is 12.1 Å². The van der Waals surface area contributed by atoms with Crippen LogP contribution in [-0.2, 0) is 0 Å². The zero-order chi connectivity index (χ0) is 33.0. The minimum Gasteiger partial charge on any atom is -0.406 e. The Kier molecular flexibility index (Phi) is 10.00. The number of thioether (sulfide) groups is 1. The van der Waals surface area contributed by atoms with Gasteiger partial charge in [-0.25, -0.2) is 18.9 Å². The topological polar surface area (TPSA) is 84.6 Å². The summed E-state index contributed by atoms with van der Waals surface area (Å²) in [6.45, 7) is 8.66. The molecule has 8 nitrogen and oxygen atoms in total. The van der Waals surface area contributed by atoms with Crippen molar-refractivity contribution in [2.24, 2.45) is 4.99 Å². The highest BCUT2D eigenvalue weighted by Crippen LogP contribution is 2.33. The lowest BCUT2D eigenvalue weighted by atomic mass is 9.93. The number of benzene rings is 3. The number of anilines is 1. The lowest BCUT2D eigenvalue weighted by molar-refractivity contribution is -0.274. The molecule has 1 aliphatic rings. The number of nitrogens with one attached hydrogen (secondary N) is 1. The van der Waals surface area contributed by atoms with Gasteiger partial charge in [0.05, 0.1) is 5.69 Å². The van der Waals surface area contributed by atoms with E-state index in [-0.39, 0.29) is 29.4 Å². The Hall–Kier alpha value is -4.39. The maximum atomic E-state index is 14.0. The Morgan fingerprint density at radius 1 is 1.02 bits per heavy atom. The molecule has 1 N–H and O–H groups in total. The highest BCUT2D eigenvalue weighted by Gasteiger charge is 2.31. The Morgan fingerprint density at radius 2 is 1.74 bits per heavy atom. The van der Waals surface area contributed by atoms with Crippen LogP contribution in [0.5, 0.6) is 5.75 Å². The van der Waals surface area contributed by atoms with Crippen molar-refractivity contribution in [2.75, 3.05) is 17.2 Å². The molecule has 0 bridgehead atoms. The number of carbonyl (C=O) groups excluding carboxylic acids is 1. The van der Waals surface area contributed by atoms with Crippen LogP contribution in [0.1, 0.15) is 57.1 Å². The number of aliphatic imine (C=N–C) groups is 1. The number of carbonyl (C=O) groups is 1. The van der Waals surface area contributed by atoms with E-state index in [1.165, 1.54) is 53.1 Å². The van der Waals surface area contributed by atoms with Gasteiger partial charge in [0.2, 0.25) is 0 Å². The molecule has 0 aliphatic carbocycles. The van der Waals surface area contributed by atoms with Crippen LogP contribution < -0.4 is 15.0 Å². The van der Waals surface area contributed by atoms with E-state index >= 15 is 0 Å². The van der Waals surface area contributed by atoms with Crippen LogP contribution in [0.25, 0.3) is 17.1 Å². The molecule has 3 aromatic carbocycles. The van der Waals surface area contributed by atoms with Gasteiger partial charge in [0.15, 0.2) is 11.0 Å². The highest BCUT2D eigenvalue weighted by atomic mass is 32.2. The average molecular weight is 655 g/mol. The molecule has 46 heavy (non-hydrogen) atoms. The Bertz CT molecular complexity index is 1690. The van der Waals surface area contributed by atoms with Gasteiger partial charge in [0, 0.05) is 35.5 Å². The number of hydrogen-bond acceptors (Lipinski definition) is 5. The number of halogens is 4. The second-order valence-electron chi connectivity index (χ2n) is 11.3. The van der Waals surface area contributed by atoms with Gasteiger partial charge in [-0.1, -0.05) is 56.8 Å². The Balaban J connectivity index is 1.23. The third-order valence-electron chi connectivity index (χ3n) is 7.71. The van der Waals surface area contributed by atoms with E-state index in [2.05, 4.69) is 25.1 Å². The number of alkyl halides is 3. The van der Waals surface area contributed by atoms with E-state index in [1.807, 2.05) is 56.9 Å². The van der Waals surface area contributed by atoms with E-state index in [4.69, 9.17) is 0 Å². The second kappa shape index (κ2) is 13.9. The molecular formula is C33H34F4N6O2S. The first-order valence-corrected chi connectivity index (χ1v) is 15.8. The minimum atomic E-state index is -4.76. The monoisotopic (exact) mass is 654 g/mol. The van der Waals surface area contributed by atoms with Crippen LogP contribution in [-0.4, -0.2) is 50.7 Å². The molecule has 2 atom stereocenters. The predicted molar refractivity (Wildman–Crippen MR) is 172 cm³/mol. The lowest BCUT2D eigenvalue weighted by Crippen LogP contribution is -2.39. The van der Waals surface area contributed by atoms with Crippen molar-refractivity contribution in [3.05, 3.63) is 90.0 Å². The van der Waals surface area contributed by atoms with Crippen LogP contribution in [0.3, 0.4) is 0 Å². The van der Waals surface area contributed by atoms with Crippen molar-refractivity contribution in [1.29, 1.82) is 0 Å². The van der Waals surface area contributed by atoms with E-state index in [0.29, 0.717) is 23.2 Å². The first-order valence-electron chi connectivity index (χ1n) is 14.8. The third-order valence-corrected chi connectivity index (χ3v) is 8.77. The maximum absolute atomic E-state index is 14.0. The molecule has 1 aromatic heterocycles. The summed E-state index contributed by atoms with van der Waals surface area (Å²) in [6.07, 6.45) is -2.35. The standard InChI is InChI=1S/C33H34F4N6O2S/c1-20(2)28-18-25(34)10-15-29(28)42-16-5-17-46-32(42)40-31(44)39-22(4)21(3)23-6-8-24(9-7-23)30-38-19-43(41-30)26-11-13-27(14-12-26)45-33(35,36)37/h6-15,18-22H,5,16-17H2,1-4H3,(H,39,44)/b40-32-. The normalized spacial score (nSPS) is 16.0. The third kappa shape index (κ3) is 8.06. The SMILES string of the molecule is CC(C)c1cc(F)ccc1N1CCCS/C1=N\C(=O)NC(C)C(C)c1ccc(-c2ncn(-c3ccc(OC(F)(F)F)cc3)n2)cc1. The first-order chi connectivity index (χ1) is 21.9. The molecule has 2 heterocycles. The quantitative estimate of drug-likeness (QED) is 0.193. The van der Waals surface area contributed by atoms with Crippen LogP contribution in [0.15, 0.2) is 78.0 Å². The minimum absolute atomic E-state index is 0.0408. The molecular weight excluding hydrogens is 620 g/mol. The van der Waals surface area contributed by atoms with Gasteiger partial charge in [-0.2, -0.15) is 4.99 Å². The predicted octanol–water partition coefficient (Wildman–Crippen LogP) is 8.30. The van der Waals surface area contributed by atoms with Crippen molar-refractivity contribution in [1.82, 2.24) is 20.1 Å². The fraction of sp³-hybridized carbons (Fsp3) is 0.333. The first kappa shape index (κ1) is 33.0. The van der Waals surface area contributed by atoms with Crippen LogP contribution in [0.4, 0.5) is 28.0 Å². The fourth-order valence-corrected chi connectivity index (χ4v) is 6.04. The van der Waals surface area contributed by atoms with Crippen molar-refractivity contribution < 1.29 is 27.1 Å². The summed E-state index contributed by atoms with van der Waals surface area (Å²) in [4.78, 5) is 23.8. The van der Waals surface area contributed by atoms with Crippen LogP contribution in [0.2, 0.25) is 0 Å². The molecule has 1 aliphatic heterocycles. The van der Waals surface area contributed by atoms with E-state index in [9.17, 15) is 22.4 Å². The number of hydrogen-bond donors (Lipinski definition) is 1. The van der Waals surface area contributed by atoms with Gasteiger partial charge in [0.1, 0.15) is 17.9 Å². The van der Waals surface area contributed by atoms with Gasteiger partial charge in [-0.05, 0) is 72.9 Å². The van der Waals surface area contributed by atoms with Gasteiger partial charge >= 0.3 is 12.4 Å². The largest absolute Gasteiger partial charge is 0.573 e. The van der Waals surface area contributed by atoms with Gasteiger partial charge in [-0.15, -0.1) is 18.3 Å². The number of nitrogens with zero attached hydrogens (tertiary/aromatic N) is 5. The molecule has 13 heteroatoms. The summed E-state index contributed by atoms with van der Waals surface area (Å²) in [7, 11) is 0. The summed E-state index contributed by atoms with van der Waals surface area (Å²) in [6, 6.07) is 17.1. The molecule has 1 saturated heterocycles. The van der Waals surface area contributed by atoms with Gasteiger partial charge in [-0.3, -0.25) is 0 Å². The Morgan fingerprint density at radius 3 is 2.41 bits per heavy atom. The number of rotatable bonds is 8.